The molecule has 0 rings (SSSR count). The second kappa shape index (κ2) is 12.8. The Morgan fingerprint density at radius 1 is 0.821 bits per heavy atom. The molecule has 0 aromatic carbocycles. The Kier molecular flexibility index (Phi) is 12.5. The molecule has 0 spiro atoms. The van der Waals surface area contributed by atoms with Gasteiger partial charge < -0.3 is 9.22 Å². The molecule has 0 N–H and O–H groups in total. The zero-order valence-corrected chi connectivity index (χ0v) is 21.3. The lowest BCUT2D eigenvalue weighted by Gasteiger charge is -2.45. The van der Waals surface area contributed by atoms with Crippen molar-refractivity contribution in [2.75, 3.05) is 0 Å². The molecule has 0 heterocycles. The Bertz CT molecular complexity index is 462. The molecule has 0 radical (unpaired) electrons. The second-order valence-electron chi connectivity index (χ2n) is 10.3. The first-order valence-electron chi connectivity index (χ1n) is 11.4. The molecule has 5 atom stereocenters. The third-order valence-electron chi connectivity index (χ3n) is 6.58. The lowest BCUT2D eigenvalue weighted by atomic mass is 9.84. The molecule has 0 aliphatic carbocycles. The molecule has 164 valence electrons. The van der Waals surface area contributed by atoms with E-state index in [9.17, 15) is 10.1 Å². The van der Waals surface area contributed by atoms with Crippen LogP contribution in [-0.2, 0) is 9.22 Å². The third-order valence-corrected chi connectivity index (χ3v) is 12.7. The van der Waals surface area contributed by atoms with Gasteiger partial charge in [-0.15, -0.1) is 0 Å². The molecule has 0 fully saturated rings. The maximum Gasteiger partial charge on any atom is 0.200 e. The Morgan fingerprint density at radius 3 is 1.68 bits per heavy atom. The fraction of sp³-hybridized carbons (Fsp3) is 0.917. The van der Waals surface area contributed by atoms with E-state index in [0.29, 0.717) is 40.8 Å². The number of hydrogen-bond donors (Lipinski definition) is 0. The quantitative estimate of drug-likeness (QED) is 0.222. The molecular weight excluding hydrogens is 362 g/mol. The molecule has 1 unspecified atom stereocenters. The summed E-state index contributed by atoms with van der Waals surface area (Å²) in [6, 6.07) is 2.39. The van der Waals surface area contributed by atoms with Crippen LogP contribution in [0.25, 0.3) is 0 Å². The average Bonchev–Trinajstić information content (AvgIpc) is 2.56. The summed E-state index contributed by atoms with van der Waals surface area (Å²) in [6.45, 7) is 22.6. The first-order valence-corrected chi connectivity index (χ1v) is 13.6. The SMILES string of the molecule is CC(C)[Si](OC(CC#N)[C@@H](C)C[C@H](C)C[C@H](C)C[C@H](C)C=O)(C(C)C)C(C)C. The molecule has 28 heavy (non-hydrogen) atoms. The number of hydrogen-bond acceptors (Lipinski definition) is 3. The minimum atomic E-state index is -1.99. The van der Waals surface area contributed by atoms with E-state index >= 15 is 0 Å². The Morgan fingerprint density at radius 2 is 1.29 bits per heavy atom. The normalized spacial score (nSPS) is 18.0. The summed E-state index contributed by atoms with van der Waals surface area (Å²) in [5.74, 6) is 1.63. The van der Waals surface area contributed by atoms with Crippen molar-refractivity contribution in [3.8, 4) is 6.07 Å². The molecule has 0 aliphatic heterocycles. The Balaban J connectivity index is 5.20. The highest BCUT2D eigenvalue weighted by Crippen LogP contribution is 2.44. The first kappa shape index (κ1) is 27.3. The van der Waals surface area contributed by atoms with E-state index < -0.39 is 8.32 Å². The largest absolute Gasteiger partial charge is 0.412 e. The molecule has 3 nitrogen and oxygen atoms in total. The number of rotatable bonds is 14. The summed E-state index contributed by atoms with van der Waals surface area (Å²) in [4.78, 5) is 10.9. The van der Waals surface area contributed by atoms with Crippen LogP contribution in [0.15, 0.2) is 0 Å². The Hall–Kier alpha value is -0.663. The minimum Gasteiger partial charge on any atom is -0.412 e. The molecule has 0 amide bonds. The van der Waals surface area contributed by atoms with Gasteiger partial charge in [0, 0.05) is 5.92 Å². The van der Waals surface area contributed by atoms with Crippen LogP contribution in [-0.4, -0.2) is 20.7 Å². The van der Waals surface area contributed by atoms with Crippen molar-refractivity contribution in [1.29, 1.82) is 5.26 Å². The fourth-order valence-corrected chi connectivity index (χ4v) is 11.1. The van der Waals surface area contributed by atoms with Crippen molar-refractivity contribution in [2.45, 2.75) is 118 Å². The molecule has 0 saturated heterocycles. The summed E-state index contributed by atoms with van der Waals surface area (Å²) in [5.41, 5.74) is 1.59. The predicted octanol–water partition coefficient (Wildman–Crippen LogP) is 7.37. The van der Waals surface area contributed by atoms with E-state index in [0.717, 1.165) is 25.5 Å². The van der Waals surface area contributed by atoms with E-state index in [4.69, 9.17) is 4.43 Å². The highest BCUT2D eigenvalue weighted by atomic mass is 28.4. The van der Waals surface area contributed by atoms with Crippen LogP contribution in [0.1, 0.15) is 94.9 Å². The van der Waals surface area contributed by atoms with Gasteiger partial charge in [-0.25, -0.2) is 0 Å². The molecule has 0 aromatic rings. The van der Waals surface area contributed by atoms with Crippen molar-refractivity contribution in [3.63, 3.8) is 0 Å². The number of nitriles is 1. The molecule has 0 aliphatic rings. The second-order valence-corrected chi connectivity index (χ2v) is 15.8. The van der Waals surface area contributed by atoms with Gasteiger partial charge in [0.25, 0.3) is 0 Å². The van der Waals surface area contributed by atoms with E-state index in [1.165, 1.54) is 0 Å². The topological polar surface area (TPSA) is 50.1 Å². The van der Waals surface area contributed by atoms with Crippen LogP contribution in [0.2, 0.25) is 16.6 Å². The number of carbonyl (C=O) groups is 1. The van der Waals surface area contributed by atoms with Gasteiger partial charge in [-0.3, -0.25) is 0 Å². The van der Waals surface area contributed by atoms with Crippen molar-refractivity contribution in [1.82, 2.24) is 0 Å². The lowest BCUT2D eigenvalue weighted by molar-refractivity contribution is -0.111. The van der Waals surface area contributed by atoms with Gasteiger partial charge in [0.05, 0.1) is 18.6 Å². The zero-order chi connectivity index (χ0) is 22.1. The molecule has 0 bridgehead atoms. The smallest absolute Gasteiger partial charge is 0.200 e. The van der Waals surface area contributed by atoms with Crippen LogP contribution < -0.4 is 0 Å². The summed E-state index contributed by atoms with van der Waals surface area (Å²) in [5, 5.41) is 9.46. The first-order chi connectivity index (χ1) is 12.9. The van der Waals surface area contributed by atoms with E-state index in [-0.39, 0.29) is 12.0 Å². The predicted molar refractivity (Wildman–Crippen MR) is 123 cm³/mol. The number of nitrogens with zero attached hydrogens (tertiary/aromatic N) is 1. The van der Waals surface area contributed by atoms with E-state index in [1.54, 1.807) is 0 Å². The van der Waals surface area contributed by atoms with Crippen molar-refractivity contribution in [2.24, 2.45) is 23.7 Å². The third kappa shape index (κ3) is 7.99. The molecule has 0 aromatic heterocycles. The van der Waals surface area contributed by atoms with E-state index in [1.807, 2.05) is 6.92 Å². The van der Waals surface area contributed by atoms with Gasteiger partial charge in [-0.05, 0) is 53.6 Å². The maximum atomic E-state index is 10.9. The molecular formula is C24H47NO2Si. The summed E-state index contributed by atoms with van der Waals surface area (Å²) in [6.07, 6.45) is 4.73. The number of aldehydes is 1. The summed E-state index contributed by atoms with van der Waals surface area (Å²) >= 11 is 0. The molecule has 4 heteroatoms. The highest BCUT2D eigenvalue weighted by Gasteiger charge is 2.47. The highest BCUT2D eigenvalue weighted by molar-refractivity contribution is 6.77. The van der Waals surface area contributed by atoms with Crippen molar-refractivity contribution >= 4 is 14.6 Å². The lowest BCUT2D eigenvalue weighted by Crippen LogP contribution is -2.51. The standard InChI is InChI=1S/C24H47NO2Si/c1-17(2)28(18(3)4,19(5)6)27-24(11-12-25)23(10)15-21(8)13-20(7)14-22(9)16-26/h16-24H,11,13-15H2,1-10H3/t20-,21+,22-,23-,24?/m0/s1. The number of carbonyl (C=O) groups excluding carboxylic acids is 1. The van der Waals surface area contributed by atoms with Crippen LogP contribution in [0, 0.1) is 35.0 Å². The van der Waals surface area contributed by atoms with Crippen LogP contribution in [0.5, 0.6) is 0 Å². The summed E-state index contributed by atoms with van der Waals surface area (Å²) in [7, 11) is -1.99. The molecule has 0 saturated carbocycles. The zero-order valence-electron chi connectivity index (χ0n) is 20.3. The van der Waals surface area contributed by atoms with Crippen LogP contribution in [0.3, 0.4) is 0 Å². The Labute approximate surface area is 176 Å². The van der Waals surface area contributed by atoms with Gasteiger partial charge in [0.15, 0.2) is 0 Å². The van der Waals surface area contributed by atoms with Crippen LogP contribution >= 0.6 is 0 Å². The van der Waals surface area contributed by atoms with Gasteiger partial charge >= 0.3 is 0 Å². The van der Waals surface area contributed by atoms with Crippen LogP contribution in [0.4, 0.5) is 0 Å². The van der Waals surface area contributed by atoms with Gasteiger partial charge in [0.2, 0.25) is 8.32 Å². The maximum absolute atomic E-state index is 10.9. The van der Waals surface area contributed by atoms with Gasteiger partial charge in [-0.2, -0.15) is 5.26 Å². The minimum absolute atomic E-state index is 0.0236. The van der Waals surface area contributed by atoms with Gasteiger partial charge in [0.1, 0.15) is 6.29 Å². The van der Waals surface area contributed by atoms with E-state index in [2.05, 4.69) is 68.4 Å². The van der Waals surface area contributed by atoms with Crippen molar-refractivity contribution < 1.29 is 9.22 Å². The van der Waals surface area contributed by atoms with Gasteiger partial charge in [-0.1, -0.05) is 69.2 Å². The monoisotopic (exact) mass is 409 g/mol. The van der Waals surface area contributed by atoms with Crippen molar-refractivity contribution in [3.05, 3.63) is 0 Å². The summed E-state index contributed by atoms with van der Waals surface area (Å²) < 4.78 is 6.98. The fourth-order valence-electron chi connectivity index (χ4n) is 5.48. The average molecular weight is 410 g/mol.